The molecular weight excluding hydrogens is 322 g/mol. The molecule has 0 spiro atoms. The number of nitrogens with zero attached hydrogens (tertiary/aromatic N) is 1. The van der Waals surface area contributed by atoms with E-state index >= 15 is 0 Å². The smallest absolute Gasteiger partial charge is 0.316 e. The number of hydrogen-bond donors (Lipinski definition) is 0. The monoisotopic (exact) mass is 341 g/mol. The van der Waals surface area contributed by atoms with Gasteiger partial charge in [0.05, 0.1) is 5.92 Å². The number of thioether (sulfide) groups is 1. The molecule has 1 aliphatic heterocycles. The third-order valence-corrected chi connectivity index (χ3v) is 4.83. The fourth-order valence-corrected chi connectivity index (χ4v) is 3.09. The topological polar surface area (TPSA) is 46.6 Å². The van der Waals surface area contributed by atoms with Crippen LogP contribution in [0.3, 0.4) is 0 Å². The van der Waals surface area contributed by atoms with E-state index in [0.29, 0.717) is 12.3 Å². The van der Waals surface area contributed by atoms with Gasteiger partial charge in [-0.15, -0.1) is 11.8 Å². The minimum absolute atomic E-state index is 0.0437. The lowest BCUT2D eigenvalue weighted by atomic mass is 10.1. The summed E-state index contributed by atoms with van der Waals surface area (Å²) in [5.74, 6) is -0.312. The molecule has 0 saturated carbocycles. The van der Waals surface area contributed by atoms with Crippen molar-refractivity contribution in [1.82, 2.24) is 0 Å². The maximum absolute atomic E-state index is 12.3. The molecule has 2 aromatic carbocycles. The Bertz CT molecular complexity index is 740. The number of hydrogen-bond acceptors (Lipinski definition) is 4. The van der Waals surface area contributed by atoms with Gasteiger partial charge in [-0.2, -0.15) is 0 Å². The highest BCUT2D eigenvalue weighted by molar-refractivity contribution is 7.98. The number of benzene rings is 2. The Labute approximate surface area is 145 Å². The number of anilines is 1. The van der Waals surface area contributed by atoms with E-state index in [2.05, 4.69) is 0 Å². The Balaban J connectivity index is 1.67. The van der Waals surface area contributed by atoms with Crippen molar-refractivity contribution in [1.29, 1.82) is 0 Å². The van der Waals surface area contributed by atoms with Crippen molar-refractivity contribution < 1.29 is 14.3 Å². The molecule has 1 fully saturated rings. The molecule has 0 bridgehead atoms. The lowest BCUT2D eigenvalue weighted by Crippen LogP contribution is -2.27. The van der Waals surface area contributed by atoms with Crippen molar-refractivity contribution in [2.75, 3.05) is 17.7 Å². The highest BCUT2D eigenvalue weighted by Crippen LogP contribution is 2.28. The summed E-state index contributed by atoms with van der Waals surface area (Å²) >= 11 is 1.65. The van der Waals surface area contributed by atoms with Crippen LogP contribution in [0.4, 0.5) is 5.69 Å². The normalized spacial score (nSPS) is 17.2. The SMILES string of the molecule is CSc1ccc(N2CC(C(=O)Oc3ccc(C)cc3)CC2=O)cc1. The highest BCUT2D eigenvalue weighted by atomic mass is 32.2. The molecule has 1 saturated heterocycles. The molecule has 1 heterocycles. The molecule has 124 valence electrons. The molecule has 0 aliphatic carbocycles. The quantitative estimate of drug-likeness (QED) is 0.483. The molecule has 5 heteroatoms. The molecule has 1 amide bonds. The third kappa shape index (κ3) is 3.62. The van der Waals surface area contributed by atoms with Crippen LogP contribution < -0.4 is 9.64 Å². The minimum Gasteiger partial charge on any atom is -0.426 e. The molecule has 1 unspecified atom stereocenters. The molecule has 2 aromatic rings. The van der Waals surface area contributed by atoms with Gasteiger partial charge >= 0.3 is 5.97 Å². The van der Waals surface area contributed by atoms with Gasteiger partial charge in [0.15, 0.2) is 0 Å². The summed E-state index contributed by atoms with van der Waals surface area (Å²) in [6.07, 6.45) is 2.20. The second-order valence-corrected chi connectivity index (χ2v) is 6.72. The van der Waals surface area contributed by atoms with Gasteiger partial charge in [0.2, 0.25) is 5.91 Å². The van der Waals surface area contributed by atoms with E-state index in [-0.39, 0.29) is 18.3 Å². The number of rotatable bonds is 4. The van der Waals surface area contributed by atoms with Crippen molar-refractivity contribution in [3.8, 4) is 5.75 Å². The molecule has 24 heavy (non-hydrogen) atoms. The van der Waals surface area contributed by atoms with Crippen LogP contribution in [-0.2, 0) is 9.59 Å². The molecule has 1 atom stereocenters. The Morgan fingerprint density at radius 3 is 2.42 bits per heavy atom. The van der Waals surface area contributed by atoms with Crippen molar-refractivity contribution in [2.24, 2.45) is 5.92 Å². The average Bonchev–Trinajstić information content (AvgIpc) is 2.99. The Kier molecular flexibility index (Phi) is 4.90. The van der Waals surface area contributed by atoms with Gasteiger partial charge in [0, 0.05) is 23.5 Å². The zero-order valence-electron chi connectivity index (χ0n) is 13.7. The van der Waals surface area contributed by atoms with Crippen molar-refractivity contribution in [2.45, 2.75) is 18.2 Å². The van der Waals surface area contributed by atoms with Crippen LogP contribution in [0.25, 0.3) is 0 Å². The van der Waals surface area contributed by atoms with Crippen LogP contribution in [-0.4, -0.2) is 24.7 Å². The molecule has 1 aliphatic rings. The predicted molar refractivity (Wildman–Crippen MR) is 95.5 cm³/mol. The van der Waals surface area contributed by atoms with E-state index < -0.39 is 5.92 Å². The first-order valence-corrected chi connectivity index (χ1v) is 9.02. The van der Waals surface area contributed by atoms with Crippen molar-refractivity contribution >= 4 is 29.3 Å². The van der Waals surface area contributed by atoms with Crippen LogP contribution in [0, 0.1) is 12.8 Å². The van der Waals surface area contributed by atoms with E-state index in [4.69, 9.17) is 4.74 Å². The third-order valence-electron chi connectivity index (χ3n) is 4.08. The van der Waals surface area contributed by atoms with E-state index in [0.717, 1.165) is 16.1 Å². The summed E-state index contributed by atoms with van der Waals surface area (Å²) in [6, 6.07) is 15.1. The zero-order chi connectivity index (χ0) is 17.1. The minimum atomic E-state index is -0.431. The second-order valence-electron chi connectivity index (χ2n) is 5.84. The van der Waals surface area contributed by atoms with Crippen molar-refractivity contribution in [3.63, 3.8) is 0 Å². The van der Waals surface area contributed by atoms with E-state index in [1.54, 1.807) is 28.8 Å². The predicted octanol–water partition coefficient (Wildman–Crippen LogP) is 3.68. The Morgan fingerprint density at radius 2 is 1.79 bits per heavy atom. The maximum Gasteiger partial charge on any atom is 0.316 e. The number of esters is 1. The van der Waals surface area contributed by atoms with Crippen LogP contribution in [0.5, 0.6) is 5.75 Å². The molecule has 0 N–H and O–H groups in total. The summed E-state index contributed by atoms with van der Waals surface area (Å²) in [6.45, 7) is 2.34. The fraction of sp³-hybridized carbons (Fsp3) is 0.263. The molecule has 4 nitrogen and oxygen atoms in total. The lowest BCUT2D eigenvalue weighted by Gasteiger charge is -2.16. The summed E-state index contributed by atoms with van der Waals surface area (Å²) in [5.41, 5.74) is 1.93. The maximum atomic E-state index is 12.3. The van der Waals surface area contributed by atoms with Gasteiger partial charge in [0.1, 0.15) is 5.75 Å². The van der Waals surface area contributed by atoms with Gasteiger partial charge < -0.3 is 9.64 Å². The van der Waals surface area contributed by atoms with Crippen LogP contribution in [0.1, 0.15) is 12.0 Å². The van der Waals surface area contributed by atoms with Crippen LogP contribution in [0.15, 0.2) is 53.4 Å². The number of carbonyl (C=O) groups is 2. The van der Waals surface area contributed by atoms with Gasteiger partial charge in [0.25, 0.3) is 0 Å². The highest BCUT2D eigenvalue weighted by Gasteiger charge is 2.36. The molecule has 0 radical (unpaired) electrons. The summed E-state index contributed by atoms with van der Waals surface area (Å²) in [7, 11) is 0. The average molecular weight is 341 g/mol. The van der Waals surface area contributed by atoms with Crippen LogP contribution >= 0.6 is 11.8 Å². The van der Waals surface area contributed by atoms with Crippen LogP contribution in [0.2, 0.25) is 0 Å². The summed E-state index contributed by atoms with van der Waals surface area (Å²) < 4.78 is 5.40. The first-order chi connectivity index (χ1) is 11.6. The first kappa shape index (κ1) is 16.6. The number of carbonyl (C=O) groups excluding carboxylic acids is 2. The molecular formula is C19H19NO3S. The lowest BCUT2D eigenvalue weighted by molar-refractivity contribution is -0.139. The molecule has 3 rings (SSSR count). The van der Waals surface area contributed by atoms with Gasteiger partial charge in [-0.1, -0.05) is 17.7 Å². The Morgan fingerprint density at radius 1 is 1.12 bits per heavy atom. The fourth-order valence-electron chi connectivity index (χ4n) is 2.68. The Hall–Kier alpha value is -2.27. The van der Waals surface area contributed by atoms with Gasteiger partial charge in [-0.05, 0) is 49.6 Å². The van der Waals surface area contributed by atoms with Crippen molar-refractivity contribution in [3.05, 3.63) is 54.1 Å². The number of ether oxygens (including phenoxy) is 1. The van der Waals surface area contributed by atoms with E-state index in [1.807, 2.05) is 49.6 Å². The number of amides is 1. The second kappa shape index (κ2) is 7.09. The van der Waals surface area contributed by atoms with Gasteiger partial charge in [-0.25, -0.2) is 0 Å². The summed E-state index contributed by atoms with van der Waals surface area (Å²) in [5, 5.41) is 0. The largest absolute Gasteiger partial charge is 0.426 e. The number of aryl methyl sites for hydroxylation is 1. The standard InChI is InChI=1S/C19H19NO3S/c1-13-3-7-16(8-4-13)23-19(22)14-11-18(21)20(12-14)15-5-9-17(24-2)10-6-15/h3-10,14H,11-12H2,1-2H3. The summed E-state index contributed by atoms with van der Waals surface area (Å²) in [4.78, 5) is 27.4. The molecule has 0 aromatic heterocycles. The van der Waals surface area contributed by atoms with E-state index in [9.17, 15) is 9.59 Å². The van der Waals surface area contributed by atoms with Gasteiger partial charge in [-0.3, -0.25) is 9.59 Å². The zero-order valence-corrected chi connectivity index (χ0v) is 14.5. The first-order valence-electron chi connectivity index (χ1n) is 7.79. The van der Waals surface area contributed by atoms with E-state index in [1.165, 1.54) is 0 Å².